The molecule has 0 unspecified atom stereocenters. The minimum atomic E-state index is 0. The highest BCUT2D eigenvalue weighted by molar-refractivity contribution is 7.22. The van der Waals surface area contributed by atoms with Gasteiger partial charge in [0.05, 0.1) is 17.9 Å². The Morgan fingerprint density at radius 3 is 2.76 bits per heavy atom. The third-order valence-electron chi connectivity index (χ3n) is 3.76. The van der Waals surface area contributed by atoms with Gasteiger partial charge in [-0.05, 0) is 38.5 Å². The van der Waals surface area contributed by atoms with Crippen LogP contribution in [0.3, 0.4) is 0 Å². The van der Waals surface area contributed by atoms with Crippen molar-refractivity contribution in [1.82, 2.24) is 4.98 Å². The van der Waals surface area contributed by atoms with Gasteiger partial charge >= 0.3 is 0 Å². The number of carbonyl (C=O) groups excluding carboxylic acids is 1. The molecule has 0 aliphatic rings. The van der Waals surface area contributed by atoms with Gasteiger partial charge in [-0.1, -0.05) is 41.2 Å². The molecule has 0 fully saturated rings. The van der Waals surface area contributed by atoms with E-state index in [4.69, 9.17) is 4.74 Å². The molecule has 0 radical (unpaired) electrons. The van der Waals surface area contributed by atoms with Gasteiger partial charge in [0.25, 0.3) is 0 Å². The van der Waals surface area contributed by atoms with Gasteiger partial charge in [0.1, 0.15) is 11.3 Å². The smallest absolute Gasteiger partial charge is 0.184 e. The van der Waals surface area contributed by atoms with Crippen molar-refractivity contribution in [3.63, 3.8) is 0 Å². The lowest BCUT2D eigenvalue weighted by Crippen LogP contribution is -3.00. The molecule has 0 aliphatic heterocycles. The first-order chi connectivity index (χ1) is 11.6. The van der Waals surface area contributed by atoms with Gasteiger partial charge in [-0.25, -0.2) is 4.98 Å². The first-order valence-electron chi connectivity index (χ1n) is 7.95. The Morgan fingerprint density at radius 2 is 2.04 bits per heavy atom. The van der Waals surface area contributed by atoms with Gasteiger partial charge in [0.15, 0.2) is 10.9 Å². The van der Waals surface area contributed by atoms with Crippen molar-refractivity contribution in [3.05, 3.63) is 53.1 Å². The van der Waals surface area contributed by atoms with E-state index in [1.54, 1.807) is 0 Å². The number of anilines is 1. The zero-order chi connectivity index (χ0) is 17.1. The fourth-order valence-electron chi connectivity index (χ4n) is 2.65. The number of aryl methyl sites for hydroxylation is 2. The van der Waals surface area contributed by atoms with Crippen LogP contribution in [0.25, 0.3) is 10.2 Å². The molecule has 3 aromatic rings. The summed E-state index contributed by atoms with van der Waals surface area (Å²) in [6, 6.07) is 11.8. The molecular formula is C19H20BrN2O2S-. The lowest BCUT2D eigenvalue weighted by Gasteiger charge is -2.06. The van der Waals surface area contributed by atoms with Crippen molar-refractivity contribution >= 4 is 32.5 Å². The van der Waals surface area contributed by atoms with Crippen molar-refractivity contribution in [2.45, 2.75) is 20.8 Å². The zero-order valence-corrected chi connectivity index (χ0v) is 16.8. The summed E-state index contributed by atoms with van der Waals surface area (Å²) in [6.07, 6.45) is 0. The molecule has 4 nitrogen and oxygen atoms in total. The van der Waals surface area contributed by atoms with Crippen LogP contribution in [0.4, 0.5) is 5.13 Å². The number of ketones is 1. The second-order valence-electron chi connectivity index (χ2n) is 5.65. The van der Waals surface area contributed by atoms with Crippen molar-refractivity contribution < 1.29 is 26.5 Å². The molecule has 25 heavy (non-hydrogen) atoms. The molecule has 3 rings (SSSR count). The maximum Gasteiger partial charge on any atom is 0.184 e. The topological polar surface area (TPSA) is 51.2 Å². The highest BCUT2D eigenvalue weighted by Crippen LogP contribution is 2.32. The summed E-state index contributed by atoms with van der Waals surface area (Å²) in [7, 11) is 0. The van der Waals surface area contributed by atoms with E-state index < -0.39 is 0 Å². The fraction of sp³-hybridized carbons (Fsp3) is 0.263. The third-order valence-corrected chi connectivity index (χ3v) is 4.74. The summed E-state index contributed by atoms with van der Waals surface area (Å²) < 4.78 is 6.65. The van der Waals surface area contributed by atoms with E-state index in [9.17, 15) is 4.79 Å². The molecule has 2 aromatic carbocycles. The summed E-state index contributed by atoms with van der Waals surface area (Å²) in [5.74, 6) is 0.844. The van der Waals surface area contributed by atoms with Crippen LogP contribution in [0, 0.1) is 13.8 Å². The van der Waals surface area contributed by atoms with E-state index in [-0.39, 0.29) is 29.3 Å². The van der Waals surface area contributed by atoms with E-state index >= 15 is 0 Å². The summed E-state index contributed by atoms with van der Waals surface area (Å²) >= 11 is 1.53. The largest absolute Gasteiger partial charge is 1.00 e. The van der Waals surface area contributed by atoms with Crippen molar-refractivity contribution in [2.24, 2.45) is 0 Å². The van der Waals surface area contributed by atoms with E-state index in [1.165, 1.54) is 11.3 Å². The number of halogens is 1. The monoisotopic (exact) mass is 419 g/mol. The first-order valence-corrected chi connectivity index (χ1v) is 8.77. The quantitative estimate of drug-likeness (QED) is 0.616. The van der Waals surface area contributed by atoms with E-state index in [0.29, 0.717) is 6.61 Å². The van der Waals surface area contributed by atoms with Gasteiger partial charge in [0.2, 0.25) is 0 Å². The van der Waals surface area contributed by atoms with Crippen LogP contribution in [-0.4, -0.2) is 23.9 Å². The van der Waals surface area contributed by atoms with Crippen LogP contribution >= 0.6 is 11.3 Å². The Kier molecular flexibility index (Phi) is 6.56. The molecule has 6 heteroatoms. The lowest BCUT2D eigenvalue weighted by molar-refractivity contribution is -0.0000132. The number of rotatable bonds is 6. The molecule has 0 atom stereocenters. The number of nitrogens with zero attached hydrogens (tertiary/aromatic N) is 1. The molecule has 0 aliphatic carbocycles. The van der Waals surface area contributed by atoms with Crippen LogP contribution in [0.5, 0.6) is 5.75 Å². The summed E-state index contributed by atoms with van der Waals surface area (Å²) in [6.45, 7) is 6.77. The zero-order valence-electron chi connectivity index (χ0n) is 14.4. The Balaban J connectivity index is 0.00000225. The minimum absolute atomic E-state index is 0. The van der Waals surface area contributed by atoms with Gasteiger partial charge in [-0.3, -0.25) is 4.79 Å². The third kappa shape index (κ3) is 4.38. The molecular weight excluding hydrogens is 400 g/mol. The fourth-order valence-corrected chi connectivity index (χ4v) is 3.53. The lowest BCUT2D eigenvalue weighted by atomic mass is 10.0. The molecule has 0 bridgehead atoms. The second-order valence-corrected chi connectivity index (χ2v) is 6.68. The van der Waals surface area contributed by atoms with E-state index in [2.05, 4.69) is 10.3 Å². The maximum atomic E-state index is 12.4. The molecule has 1 aromatic heterocycles. The molecule has 0 amide bonds. The predicted octanol–water partition coefficient (Wildman–Crippen LogP) is 1.61. The molecule has 0 spiro atoms. The number of Topliss-reactive ketones (excluding diaryl/α,β-unsaturated/α-hetero) is 1. The van der Waals surface area contributed by atoms with Gasteiger partial charge < -0.3 is 27.0 Å². The number of benzene rings is 2. The number of hydrogen-bond acceptors (Lipinski definition) is 5. The van der Waals surface area contributed by atoms with Crippen LogP contribution in [0.15, 0.2) is 36.4 Å². The highest BCUT2D eigenvalue weighted by Gasteiger charge is 2.12. The van der Waals surface area contributed by atoms with E-state index in [0.717, 1.165) is 37.8 Å². The highest BCUT2D eigenvalue weighted by atomic mass is 79.9. The minimum Gasteiger partial charge on any atom is -1.00 e. The number of hydrogen-bond donors (Lipinski definition) is 1. The van der Waals surface area contributed by atoms with E-state index in [1.807, 2.05) is 57.2 Å². The summed E-state index contributed by atoms with van der Waals surface area (Å²) in [5.41, 5.74) is 3.76. The predicted molar refractivity (Wildman–Crippen MR) is 99.5 cm³/mol. The Bertz CT molecular complexity index is 892. The normalized spacial score (nSPS) is 10.4. The first kappa shape index (κ1) is 19.4. The number of fused-ring (bicyclic) bond motifs is 1. The van der Waals surface area contributed by atoms with Crippen LogP contribution in [0.1, 0.15) is 28.4 Å². The maximum absolute atomic E-state index is 12.4. The summed E-state index contributed by atoms with van der Waals surface area (Å²) in [5, 5.41) is 3.88. The second kappa shape index (κ2) is 8.45. The van der Waals surface area contributed by atoms with Gasteiger partial charge in [0, 0.05) is 5.56 Å². The van der Waals surface area contributed by atoms with Crippen molar-refractivity contribution in [1.29, 1.82) is 0 Å². The SMILES string of the molecule is CCOc1cccc2sc(NCC(=O)c3ccc(C)cc3C)nc12.[Br-]. The Hall–Kier alpha value is -1.92. The Morgan fingerprint density at radius 1 is 1.24 bits per heavy atom. The molecule has 1 N–H and O–H groups in total. The van der Waals surface area contributed by atoms with Gasteiger partial charge in [-0.15, -0.1) is 0 Å². The number of thiazole rings is 1. The van der Waals surface area contributed by atoms with Crippen molar-refractivity contribution in [3.8, 4) is 5.75 Å². The molecule has 0 saturated carbocycles. The number of carbonyl (C=O) groups is 1. The van der Waals surface area contributed by atoms with Crippen LogP contribution < -0.4 is 27.0 Å². The molecule has 132 valence electrons. The number of aromatic nitrogens is 1. The number of nitrogens with one attached hydrogen (secondary N) is 1. The average molecular weight is 420 g/mol. The standard InChI is InChI=1S/C19H20N2O2S.BrH/c1-4-23-16-6-5-7-17-18(16)21-19(24-17)20-11-15(22)14-9-8-12(2)10-13(14)3;/h5-10H,4,11H2,1-3H3,(H,20,21);1H/p-1. The van der Waals surface area contributed by atoms with Crippen molar-refractivity contribution in [2.75, 3.05) is 18.5 Å². The number of para-hydroxylation sites is 1. The summed E-state index contributed by atoms with van der Waals surface area (Å²) in [4.78, 5) is 17.0. The molecule has 0 saturated heterocycles. The average Bonchev–Trinajstić information content (AvgIpc) is 2.97. The van der Waals surface area contributed by atoms with Crippen LogP contribution in [-0.2, 0) is 0 Å². The number of ether oxygens (including phenoxy) is 1. The van der Waals surface area contributed by atoms with Crippen LogP contribution in [0.2, 0.25) is 0 Å². The molecule has 1 heterocycles. The Labute approximate surface area is 162 Å². The van der Waals surface area contributed by atoms with Gasteiger partial charge in [-0.2, -0.15) is 0 Å².